The first kappa shape index (κ1) is 12.5. The number of ether oxygens (including phenoxy) is 1. The fraction of sp³-hybridized carbons (Fsp3) is 0.455. The first-order chi connectivity index (χ1) is 8.35. The maximum Gasteiger partial charge on any atom is 0.183 e. The summed E-state index contributed by atoms with van der Waals surface area (Å²) in [7, 11) is 1.68. The molecule has 2 rings (SSSR count). The van der Waals surface area contributed by atoms with Crippen molar-refractivity contribution in [2.45, 2.75) is 20.0 Å². The Hall–Kier alpha value is -0.980. The number of nitrogens with zero attached hydrogens (tertiary/aromatic N) is 2. The fourth-order valence-corrected chi connectivity index (χ4v) is 2.97. The summed E-state index contributed by atoms with van der Waals surface area (Å²) in [6.45, 7) is 3.63. The number of methoxy groups -OCH3 is 1. The lowest BCUT2D eigenvalue weighted by Crippen LogP contribution is -1.98. The van der Waals surface area contributed by atoms with E-state index in [1.807, 2.05) is 5.51 Å². The Morgan fingerprint density at radius 1 is 1.41 bits per heavy atom. The molecule has 2 aromatic rings. The van der Waals surface area contributed by atoms with Crippen LogP contribution in [0.25, 0.3) is 10.6 Å². The molecule has 0 spiro atoms. The molecule has 0 saturated carbocycles. The summed E-state index contributed by atoms with van der Waals surface area (Å²) < 4.78 is 5.12. The van der Waals surface area contributed by atoms with Gasteiger partial charge in [0.1, 0.15) is 0 Å². The van der Waals surface area contributed by atoms with Gasteiger partial charge in [-0.2, -0.15) is 0 Å². The van der Waals surface area contributed by atoms with Gasteiger partial charge in [-0.15, -0.1) is 22.7 Å². The van der Waals surface area contributed by atoms with Crippen molar-refractivity contribution in [2.24, 2.45) is 0 Å². The summed E-state index contributed by atoms with van der Waals surface area (Å²) in [4.78, 5) is 9.95. The Bertz CT molecular complexity index is 467. The van der Waals surface area contributed by atoms with Gasteiger partial charge in [0, 0.05) is 19.0 Å². The second kappa shape index (κ2) is 6.09. The van der Waals surface area contributed by atoms with Gasteiger partial charge in [0.25, 0.3) is 0 Å². The van der Waals surface area contributed by atoms with Crippen molar-refractivity contribution in [3.8, 4) is 10.6 Å². The van der Waals surface area contributed by atoms with Crippen LogP contribution < -0.4 is 5.32 Å². The van der Waals surface area contributed by atoms with Crippen molar-refractivity contribution in [3.05, 3.63) is 16.6 Å². The van der Waals surface area contributed by atoms with Gasteiger partial charge in [0.15, 0.2) is 5.13 Å². The lowest BCUT2D eigenvalue weighted by atomic mass is 10.3. The Morgan fingerprint density at radius 3 is 3.06 bits per heavy atom. The molecule has 0 saturated heterocycles. The van der Waals surface area contributed by atoms with Crippen LogP contribution >= 0.6 is 22.7 Å². The van der Waals surface area contributed by atoms with Crippen LogP contribution in [-0.2, 0) is 11.3 Å². The van der Waals surface area contributed by atoms with Crippen molar-refractivity contribution in [3.63, 3.8) is 0 Å². The molecular weight excluding hydrogens is 254 g/mol. The minimum Gasteiger partial charge on any atom is -0.378 e. The Balaban J connectivity index is 2.15. The van der Waals surface area contributed by atoms with E-state index < -0.39 is 0 Å². The van der Waals surface area contributed by atoms with Gasteiger partial charge >= 0.3 is 0 Å². The number of thiazole rings is 2. The van der Waals surface area contributed by atoms with Crippen molar-refractivity contribution >= 4 is 27.8 Å². The van der Waals surface area contributed by atoms with Gasteiger partial charge in [-0.1, -0.05) is 6.92 Å². The summed E-state index contributed by atoms with van der Waals surface area (Å²) in [6, 6.07) is 0. The molecule has 0 atom stereocenters. The zero-order valence-electron chi connectivity index (χ0n) is 9.90. The van der Waals surface area contributed by atoms with Crippen molar-refractivity contribution in [1.29, 1.82) is 0 Å². The molecule has 17 heavy (non-hydrogen) atoms. The molecule has 92 valence electrons. The molecular formula is C11H15N3OS2. The Labute approximate surface area is 109 Å². The minimum absolute atomic E-state index is 0.536. The predicted molar refractivity (Wildman–Crippen MR) is 72.7 cm³/mol. The van der Waals surface area contributed by atoms with Crippen LogP contribution in [0.3, 0.4) is 0 Å². The monoisotopic (exact) mass is 269 g/mol. The van der Waals surface area contributed by atoms with Gasteiger partial charge in [-0.25, -0.2) is 9.97 Å². The van der Waals surface area contributed by atoms with Crippen LogP contribution in [0.2, 0.25) is 0 Å². The number of hydrogen-bond acceptors (Lipinski definition) is 6. The van der Waals surface area contributed by atoms with Crippen molar-refractivity contribution in [1.82, 2.24) is 9.97 Å². The van der Waals surface area contributed by atoms with Gasteiger partial charge in [-0.3, -0.25) is 0 Å². The molecule has 6 heteroatoms. The van der Waals surface area contributed by atoms with Crippen LogP contribution in [0.1, 0.15) is 19.0 Å². The van der Waals surface area contributed by atoms with E-state index in [2.05, 4.69) is 27.6 Å². The van der Waals surface area contributed by atoms with Gasteiger partial charge in [0.05, 0.1) is 28.4 Å². The summed E-state index contributed by atoms with van der Waals surface area (Å²) in [6.07, 6.45) is 1.10. The first-order valence-electron chi connectivity index (χ1n) is 5.46. The normalized spacial score (nSPS) is 10.7. The Kier molecular flexibility index (Phi) is 4.47. The molecule has 0 radical (unpaired) electrons. The zero-order chi connectivity index (χ0) is 12.1. The van der Waals surface area contributed by atoms with Gasteiger partial charge < -0.3 is 10.1 Å². The molecule has 4 nitrogen and oxygen atoms in total. The number of rotatable bonds is 6. The van der Waals surface area contributed by atoms with E-state index in [9.17, 15) is 0 Å². The quantitative estimate of drug-likeness (QED) is 0.874. The van der Waals surface area contributed by atoms with E-state index in [0.717, 1.165) is 34.4 Å². The molecule has 0 amide bonds. The van der Waals surface area contributed by atoms with E-state index in [0.29, 0.717) is 6.61 Å². The van der Waals surface area contributed by atoms with E-state index >= 15 is 0 Å². The molecule has 0 bridgehead atoms. The highest BCUT2D eigenvalue weighted by atomic mass is 32.1. The van der Waals surface area contributed by atoms with Crippen LogP contribution in [0.4, 0.5) is 5.13 Å². The molecule has 0 aromatic carbocycles. The SMILES string of the molecule is CCCNc1nc(-c2scnc2COC)cs1. The van der Waals surface area contributed by atoms with Gasteiger partial charge in [-0.05, 0) is 6.42 Å². The third-order valence-electron chi connectivity index (χ3n) is 2.19. The van der Waals surface area contributed by atoms with E-state index in [-0.39, 0.29) is 0 Å². The maximum absolute atomic E-state index is 5.12. The maximum atomic E-state index is 5.12. The lowest BCUT2D eigenvalue weighted by Gasteiger charge is -1.99. The van der Waals surface area contributed by atoms with Gasteiger partial charge in [0.2, 0.25) is 0 Å². The summed E-state index contributed by atoms with van der Waals surface area (Å²) in [5, 5.41) is 6.32. The smallest absolute Gasteiger partial charge is 0.183 e. The second-order valence-electron chi connectivity index (χ2n) is 3.53. The molecule has 1 N–H and O–H groups in total. The average molecular weight is 269 g/mol. The number of nitrogens with one attached hydrogen (secondary N) is 1. The lowest BCUT2D eigenvalue weighted by molar-refractivity contribution is 0.182. The largest absolute Gasteiger partial charge is 0.378 e. The average Bonchev–Trinajstić information content (AvgIpc) is 2.95. The highest BCUT2D eigenvalue weighted by Crippen LogP contribution is 2.30. The molecule has 0 fully saturated rings. The molecule has 2 heterocycles. The van der Waals surface area contributed by atoms with Crippen molar-refractivity contribution < 1.29 is 4.74 Å². The zero-order valence-corrected chi connectivity index (χ0v) is 11.5. The summed E-state index contributed by atoms with van der Waals surface area (Å²) >= 11 is 3.24. The number of hydrogen-bond donors (Lipinski definition) is 1. The molecule has 2 aromatic heterocycles. The highest BCUT2D eigenvalue weighted by Gasteiger charge is 2.11. The minimum atomic E-state index is 0.536. The first-order valence-corrected chi connectivity index (χ1v) is 7.22. The molecule has 0 aliphatic carbocycles. The van der Waals surface area contributed by atoms with E-state index in [1.165, 1.54) is 0 Å². The second-order valence-corrected chi connectivity index (χ2v) is 5.24. The third kappa shape index (κ3) is 3.02. The van der Waals surface area contributed by atoms with E-state index in [1.54, 1.807) is 29.8 Å². The standard InChI is InChI=1S/C11H15N3OS2/c1-3-4-12-11-14-9(6-16-11)10-8(5-15-2)13-7-17-10/h6-7H,3-5H2,1-2H3,(H,12,14). The van der Waals surface area contributed by atoms with Crippen LogP contribution in [0, 0.1) is 0 Å². The highest BCUT2D eigenvalue weighted by molar-refractivity contribution is 7.15. The number of anilines is 1. The molecule has 0 aliphatic rings. The summed E-state index contributed by atoms with van der Waals surface area (Å²) in [5.41, 5.74) is 3.79. The fourth-order valence-electron chi connectivity index (χ4n) is 1.41. The summed E-state index contributed by atoms with van der Waals surface area (Å²) in [5.74, 6) is 0. The van der Waals surface area contributed by atoms with Crippen molar-refractivity contribution in [2.75, 3.05) is 19.0 Å². The Morgan fingerprint density at radius 2 is 2.29 bits per heavy atom. The van der Waals surface area contributed by atoms with Crippen LogP contribution in [0.15, 0.2) is 10.9 Å². The third-order valence-corrected chi connectivity index (χ3v) is 3.88. The van der Waals surface area contributed by atoms with Crippen LogP contribution in [0.5, 0.6) is 0 Å². The topological polar surface area (TPSA) is 47.0 Å². The van der Waals surface area contributed by atoms with E-state index in [4.69, 9.17) is 4.74 Å². The molecule has 0 unspecified atom stereocenters. The van der Waals surface area contributed by atoms with Crippen LogP contribution in [-0.4, -0.2) is 23.6 Å². The molecule has 0 aliphatic heterocycles. The number of aromatic nitrogens is 2. The predicted octanol–water partition coefficient (Wildman–Crippen LogP) is 3.23.